The van der Waals surface area contributed by atoms with E-state index in [2.05, 4.69) is 32.4 Å². The molecule has 4 aromatic rings. The van der Waals surface area contributed by atoms with Gasteiger partial charge in [-0.1, -0.05) is 25.5 Å². The van der Waals surface area contributed by atoms with Gasteiger partial charge in [0, 0.05) is 58.8 Å². The normalized spacial score (nSPS) is 22.8. The van der Waals surface area contributed by atoms with Gasteiger partial charge in [-0.3, -0.25) is 14.4 Å². The molecule has 3 heterocycles. The Morgan fingerprint density at radius 1 is 1.14 bits per heavy atom. The highest BCUT2D eigenvalue weighted by atomic mass is 32.1. The van der Waals surface area contributed by atoms with Crippen molar-refractivity contribution in [3.05, 3.63) is 82.5 Å². The molecule has 1 saturated carbocycles. The number of ether oxygens (including phenoxy) is 1. The Kier molecular flexibility index (Phi) is 7.61. The number of anilines is 1. The van der Waals surface area contributed by atoms with Crippen molar-refractivity contribution in [1.82, 2.24) is 25.8 Å². The van der Waals surface area contributed by atoms with Crippen LogP contribution in [0.3, 0.4) is 0 Å². The molecule has 1 aromatic carbocycles. The summed E-state index contributed by atoms with van der Waals surface area (Å²) in [6.45, 7) is 5.33. The average molecular weight is 613 g/mol. The lowest BCUT2D eigenvalue weighted by molar-refractivity contribution is -0.124. The van der Waals surface area contributed by atoms with Crippen LogP contribution >= 0.6 is 11.3 Å². The van der Waals surface area contributed by atoms with E-state index in [4.69, 9.17) is 21.9 Å². The summed E-state index contributed by atoms with van der Waals surface area (Å²) in [5, 5.41) is 14.3. The van der Waals surface area contributed by atoms with E-state index in [-0.39, 0.29) is 35.7 Å². The first-order valence-corrected chi connectivity index (χ1v) is 15.1. The second-order valence-corrected chi connectivity index (χ2v) is 12.1. The summed E-state index contributed by atoms with van der Waals surface area (Å²) in [5.41, 5.74) is 20.8. The number of aryl methyl sites for hydroxylation is 1. The number of pyridine rings is 1. The lowest BCUT2D eigenvalue weighted by atomic mass is 9.70. The molecule has 12 nitrogen and oxygen atoms in total. The van der Waals surface area contributed by atoms with Crippen molar-refractivity contribution in [2.24, 2.45) is 11.5 Å². The van der Waals surface area contributed by atoms with Gasteiger partial charge in [0.15, 0.2) is 5.78 Å². The quantitative estimate of drug-likeness (QED) is 0.153. The Balaban J connectivity index is 1.40. The Bertz CT molecular complexity index is 1810. The first kappa shape index (κ1) is 29.4. The summed E-state index contributed by atoms with van der Waals surface area (Å²) in [6.07, 6.45) is 7.51. The summed E-state index contributed by atoms with van der Waals surface area (Å²) in [4.78, 5) is 44.7. The number of nitrogens with one attached hydrogen (secondary N) is 2. The van der Waals surface area contributed by atoms with Crippen molar-refractivity contribution < 1.29 is 19.1 Å². The van der Waals surface area contributed by atoms with Crippen molar-refractivity contribution in [1.29, 1.82) is 0 Å². The molecule has 2 unspecified atom stereocenters. The number of carbonyl (C=O) groups excluding carboxylic acids is 3. The van der Waals surface area contributed by atoms with Crippen LogP contribution in [0.1, 0.15) is 63.7 Å². The van der Waals surface area contributed by atoms with Gasteiger partial charge >= 0.3 is 0 Å². The molecule has 2 aliphatic rings. The number of benzene rings is 1. The van der Waals surface area contributed by atoms with E-state index in [1.54, 1.807) is 37.3 Å². The standard InChI is InChI=1S/C31H32N8O4S/c1-3-21(40)37-19-7-4-5-8-20(19)38-30(42)28-25-24-16(10-11-18(32)27(24)44-28)31(34,29(41)26(25)33)17-14-35-23(13-15(17)2)43-22-9-6-12-36-39-22/h3,6,9-14,19-20,26H,1,4-5,7-8,32-34H2,2H3,(H,37,40)(H,38,42)/t19-,20+,26?,31?/m0/s1. The minimum atomic E-state index is -1.67. The predicted molar refractivity (Wildman–Crippen MR) is 166 cm³/mol. The second-order valence-electron chi connectivity index (χ2n) is 11.1. The monoisotopic (exact) mass is 612 g/mol. The zero-order valence-electron chi connectivity index (χ0n) is 24.0. The van der Waals surface area contributed by atoms with E-state index in [1.165, 1.54) is 29.8 Å². The third-order valence-electron chi connectivity index (χ3n) is 8.38. The van der Waals surface area contributed by atoms with Crippen LogP contribution in [0.15, 0.2) is 55.4 Å². The molecule has 0 bridgehead atoms. The SMILES string of the molecule is C=CC(=O)N[C@H]1CCCC[C@H]1NC(=O)c1sc2c(N)ccc3c2c1C(N)C(=O)C3(N)c1cnc(Oc2cccnn2)cc1C. The molecular formula is C31H32N8O4S. The van der Waals surface area contributed by atoms with Gasteiger partial charge in [0.1, 0.15) is 5.54 Å². The fourth-order valence-electron chi connectivity index (χ4n) is 6.23. The molecular weight excluding hydrogens is 580 g/mol. The molecule has 0 saturated heterocycles. The molecule has 44 heavy (non-hydrogen) atoms. The number of nitrogen functional groups attached to an aromatic ring is 1. The Morgan fingerprint density at radius 2 is 1.89 bits per heavy atom. The molecule has 8 N–H and O–H groups in total. The maximum Gasteiger partial charge on any atom is 0.262 e. The number of nitrogens with zero attached hydrogens (tertiary/aromatic N) is 3. The highest BCUT2D eigenvalue weighted by Crippen LogP contribution is 2.50. The molecule has 6 rings (SSSR count). The van der Waals surface area contributed by atoms with Crippen molar-refractivity contribution in [3.63, 3.8) is 0 Å². The maximum atomic E-state index is 14.2. The molecule has 226 valence electrons. The van der Waals surface area contributed by atoms with Crippen LogP contribution in [0.25, 0.3) is 10.1 Å². The van der Waals surface area contributed by atoms with Crippen molar-refractivity contribution in [2.75, 3.05) is 5.73 Å². The summed E-state index contributed by atoms with van der Waals surface area (Å²) < 4.78 is 6.34. The molecule has 2 aliphatic carbocycles. The highest BCUT2D eigenvalue weighted by Gasteiger charge is 2.49. The lowest BCUT2D eigenvalue weighted by Gasteiger charge is -2.37. The number of carbonyl (C=O) groups is 3. The number of amides is 2. The number of aromatic nitrogens is 3. The topological polar surface area (TPSA) is 201 Å². The van der Waals surface area contributed by atoms with E-state index in [0.29, 0.717) is 49.3 Å². The fourth-order valence-corrected chi connectivity index (χ4v) is 7.43. The lowest BCUT2D eigenvalue weighted by Crippen LogP contribution is -2.54. The van der Waals surface area contributed by atoms with E-state index in [1.807, 2.05) is 0 Å². The molecule has 13 heteroatoms. The first-order valence-electron chi connectivity index (χ1n) is 14.2. The van der Waals surface area contributed by atoms with Crippen molar-refractivity contribution in [2.45, 2.75) is 56.3 Å². The van der Waals surface area contributed by atoms with Gasteiger partial charge in [0.05, 0.1) is 15.6 Å². The van der Waals surface area contributed by atoms with E-state index in [0.717, 1.165) is 19.3 Å². The van der Waals surface area contributed by atoms with Crippen LogP contribution in [0.5, 0.6) is 11.8 Å². The first-order chi connectivity index (χ1) is 21.1. The number of hydrogen-bond donors (Lipinski definition) is 5. The molecule has 0 radical (unpaired) electrons. The maximum absolute atomic E-state index is 14.2. The van der Waals surface area contributed by atoms with Gasteiger partial charge in [-0.15, -0.1) is 16.4 Å². The number of hydrogen-bond acceptors (Lipinski definition) is 11. The van der Waals surface area contributed by atoms with Gasteiger partial charge in [-0.2, -0.15) is 5.10 Å². The largest absolute Gasteiger partial charge is 0.419 e. The predicted octanol–water partition coefficient (Wildman–Crippen LogP) is 2.90. The van der Waals surface area contributed by atoms with Gasteiger partial charge < -0.3 is 32.6 Å². The minimum absolute atomic E-state index is 0.243. The van der Waals surface area contributed by atoms with Gasteiger partial charge in [0.25, 0.3) is 5.91 Å². The van der Waals surface area contributed by atoms with Gasteiger partial charge in [-0.25, -0.2) is 4.98 Å². The van der Waals surface area contributed by atoms with Crippen LogP contribution in [0.4, 0.5) is 5.69 Å². The van der Waals surface area contributed by atoms with Crippen molar-refractivity contribution in [3.8, 4) is 11.8 Å². The second kappa shape index (κ2) is 11.4. The van der Waals surface area contributed by atoms with Crippen molar-refractivity contribution >= 4 is 44.7 Å². The smallest absolute Gasteiger partial charge is 0.262 e. The third kappa shape index (κ3) is 4.88. The van der Waals surface area contributed by atoms with Crippen LogP contribution in [-0.4, -0.2) is 44.9 Å². The van der Waals surface area contributed by atoms with Crippen LogP contribution < -0.4 is 32.6 Å². The minimum Gasteiger partial charge on any atom is -0.419 e. The van der Waals surface area contributed by atoms with E-state index in [9.17, 15) is 14.4 Å². The van der Waals surface area contributed by atoms with E-state index < -0.39 is 17.4 Å². The highest BCUT2D eigenvalue weighted by molar-refractivity contribution is 7.21. The summed E-state index contributed by atoms with van der Waals surface area (Å²) in [5.74, 6) is -0.638. The number of ketones is 1. The average Bonchev–Trinajstić information content (AvgIpc) is 3.43. The fraction of sp³-hybridized carbons (Fsp3) is 0.290. The third-order valence-corrected chi connectivity index (χ3v) is 9.64. The molecule has 4 atom stereocenters. The van der Waals surface area contributed by atoms with Crippen LogP contribution in [0, 0.1) is 6.92 Å². The van der Waals surface area contributed by atoms with E-state index >= 15 is 0 Å². The van der Waals surface area contributed by atoms with Crippen LogP contribution in [-0.2, 0) is 15.1 Å². The zero-order valence-corrected chi connectivity index (χ0v) is 24.8. The van der Waals surface area contributed by atoms with Gasteiger partial charge in [0.2, 0.25) is 17.7 Å². The number of nitrogens with two attached hydrogens (primary N) is 3. The number of thiophene rings is 1. The summed E-state index contributed by atoms with van der Waals surface area (Å²) in [7, 11) is 0. The zero-order chi connectivity index (χ0) is 31.2. The summed E-state index contributed by atoms with van der Waals surface area (Å²) >= 11 is 1.18. The summed E-state index contributed by atoms with van der Waals surface area (Å²) in [6, 6.07) is 6.65. The molecule has 2 amide bonds. The Morgan fingerprint density at radius 3 is 2.57 bits per heavy atom. The molecule has 0 spiro atoms. The molecule has 0 aliphatic heterocycles. The Labute approximate surface area is 257 Å². The molecule has 3 aromatic heterocycles. The number of rotatable bonds is 7. The Hall–Kier alpha value is -4.72. The number of Topliss-reactive ketones (excluding diaryl/α,β-unsaturated/α-hetero) is 1. The van der Waals surface area contributed by atoms with Crippen LogP contribution in [0.2, 0.25) is 0 Å². The van der Waals surface area contributed by atoms with Gasteiger partial charge in [-0.05, 0) is 49.1 Å². The molecule has 1 fully saturated rings.